The second-order valence-electron chi connectivity index (χ2n) is 4.34. The van der Waals surface area contributed by atoms with E-state index in [9.17, 15) is 9.59 Å². The summed E-state index contributed by atoms with van der Waals surface area (Å²) in [7, 11) is 0. The standard InChI is InChI=1S/C15H12N2O4/c18-14(10-4-2-1-3-5-10)17-15(19)16-11-6-7-12-13(8-11)21-9-20-12/h1-8H,9H2,(H2,16,17,18,19). The number of imide groups is 1. The molecule has 1 heterocycles. The number of carbonyl (C=O) groups excluding carboxylic acids is 2. The van der Waals surface area contributed by atoms with E-state index >= 15 is 0 Å². The first-order valence-electron chi connectivity index (χ1n) is 6.29. The van der Waals surface area contributed by atoms with Gasteiger partial charge in [-0.1, -0.05) is 18.2 Å². The number of fused-ring (bicyclic) bond motifs is 1. The van der Waals surface area contributed by atoms with Crippen molar-refractivity contribution in [1.29, 1.82) is 0 Å². The van der Waals surface area contributed by atoms with E-state index < -0.39 is 11.9 Å². The second-order valence-corrected chi connectivity index (χ2v) is 4.34. The van der Waals surface area contributed by atoms with Crippen molar-refractivity contribution in [3.63, 3.8) is 0 Å². The zero-order valence-corrected chi connectivity index (χ0v) is 11.0. The van der Waals surface area contributed by atoms with Crippen LogP contribution in [0.3, 0.4) is 0 Å². The maximum absolute atomic E-state index is 11.8. The largest absolute Gasteiger partial charge is 0.454 e. The van der Waals surface area contributed by atoms with E-state index in [1.54, 1.807) is 48.5 Å². The summed E-state index contributed by atoms with van der Waals surface area (Å²) in [6.07, 6.45) is 0. The van der Waals surface area contributed by atoms with E-state index in [-0.39, 0.29) is 6.79 Å². The average Bonchev–Trinajstić information content (AvgIpc) is 2.95. The highest BCUT2D eigenvalue weighted by atomic mass is 16.7. The molecule has 0 unspecified atom stereocenters. The lowest BCUT2D eigenvalue weighted by Gasteiger charge is -2.07. The number of hydrogen-bond acceptors (Lipinski definition) is 4. The smallest absolute Gasteiger partial charge is 0.326 e. The van der Waals surface area contributed by atoms with Gasteiger partial charge in [-0.3, -0.25) is 10.1 Å². The van der Waals surface area contributed by atoms with E-state index in [1.165, 1.54) is 0 Å². The Kier molecular flexibility index (Phi) is 3.42. The Labute approximate surface area is 120 Å². The molecule has 106 valence electrons. The third-order valence-electron chi connectivity index (χ3n) is 2.89. The minimum absolute atomic E-state index is 0.164. The average molecular weight is 284 g/mol. The molecule has 6 nitrogen and oxygen atoms in total. The Bertz CT molecular complexity index is 685. The molecule has 1 aliphatic heterocycles. The maximum Gasteiger partial charge on any atom is 0.326 e. The van der Waals surface area contributed by atoms with Crippen molar-refractivity contribution in [3.05, 3.63) is 54.1 Å². The fourth-order valence-corrected chi connectivity index (χ4v) is 1.90. The van der Waals surface area contributed by atoms with E-state index in [4.69, 9.17) is 9.47 Å². The van der Waals surface area contributed by atoms with Crippen molar-refractivity contribution in [2.45, 2.75) is 0 Å². The summed E-state index contributed by atoms with van der Waals surface area (Å²) in [5.74, 6) is 0.720. The fraction of sp³-hybridized carbons (Fsp3) is 0.0667. The minimum Gasteiger partial charge on any atom is -0.454 e. The van der Waals surface area contributed by atoms with Crippen LogP contribution in [0.15, 0.2) is 48.5 Å². The van der Waals surface area contributed by atoms with Crippen molar-refractivity contribution in [2.24, 2.45) is 0 Å². The van der Waals surface area contributed by atoms with Crippen molar-refractivity contribution in [1.82, 2.24) is 5.32 Å². The second kappa shape index (κ2) is 5.54. The van der Waals surface area contributed by atoms with Gasteiger partial charge in [-0.2, -0.15) is 0 Å². The van der Waals surface area contributed by atoms with Gasteiger partial charge in [0.05, 0.1) is 0 Å². The van der Waals surface area contributed by atoms with Crippen LogP contribution >= 0.6 is 0 Å². The van der Waals surface area contributed by atoms with Crippen molar-refractivity contribution < 1.29 is 19.1 Å². The molecule has 1 aliphatic rings. The molecule has 2 aromatic rings. The van der Waals surface area contributed by atoms with Crippen LogP contribution in [0.2, 0.25) is 0 Å². The van der Waals surface area contributed by atoms with Crippen molar-refractivity contribution in [3.8, 4) is 11.5 Å². The van der Waals surface area contributed by atoms with Gasteiger partial charge in [0, 0.05) is 17.3 Å². The van der Waals surface area contributed by atoms with Gasteiger partial charge in [0.25, 0.3) is 5.91 Å². The first-order valence-corrected chi connectivity index (χ1v) is 6.29. The normalized spacial score (nSPS) is 11.8. The van der Waals surface area contributed by atoms with Gasteiger partial charge in [-0.05, 0) is 24.3 Å². The third kappa shape index (κ3) is 2.94. The van der Waals surface area contributed by atoms with Gasteiger partial charge >= 0.3 is 6.03 Å². The van der Waals surface area contributed by atoms with Gasteiger partial charge < -0.3 is 14.8 Å². The Balaban J connectivity index is 1.63. The lowest BCUT2D eigenvalue weighted by atomic mass is 10.2. The number of amides is 3. The third-order valence-corrected chi connectivity index (χ3v) is 2.89. The van der Waals surface area contributed by atoms with Crippen LogP contribution in [0, 0.1) is 0 Å². The molecule has 0 fully saturated rings. The van der Waals surface area contributed by atoms with Gasteiger partial charge in [-0.15, -0.1) is 0 Å². The predicted molar refractivity (Wildman–Crippen MR) is 75.5 cm³/mol. The summed E-state index contributed by atoms with van der Waals surface area (Å²) in [4.78, 5) is 23.6. The van der Waals surface area contributed by atoms with Crippen LogP contribution in [0.25, 0.3) is 0 Å². The number of nitrogens with one attached hydrogen (secondary N) is 2. The van der Waals surface area contributed by atoms with Crippen LogP contribution in [0.4, 0.5) is 10.5 Å². The molecule has 0 bridgehead atoms. The number of carbonyl (C=O) groups is 2. The molecule has 0 radical (unpaired) electrons. The lowest BCUT2D eigenvalue weighted by Crippen LogP contribution is -2.34. The number of benzene rings is 2. The molecule has 0 atom stereocenters. The van der Waals surface area contributed by atoms with Crippen molar-refractivity contribution >= 4 is 17.6 Å². The Morgan fingerprint density at radius 2 is 1.71 bits per heavy atom. The van der Waals surface area contributed by atoms with E-state index in [1.807, 2.05) is 0 Å². The summed E-state index contributed by atoms with van der Waals surface area (Å²) in [5.41, 5.74) is 0.927. The SMILES string of the molecule is O=C(NC(=O)c1ccccc1)Nc1ccc2c(c1)OCO2. The van der Waals surface area contributed by atoms with Crippen LogP contribution in [0.5, 0.6) is 11.5 Å². The molecule has 21 heavy (non-hydrogen) atoms. The summed E-state index contributed by atoms with van der Waals surface area (Å²) in [6, 6.07) is 12.9. The summed E-state index contributed by atoms with van der Waals surface area (Å²) >= 11 is 0. The number of ether oxygens (including phenoxy) is 2. The van der Waals surface area contributed by atoms with E-state index in [0.29, 0.717) is 22.7 Å². The first kappa shape index (κ1) is 13.0. The first-order chi connectivity index (χ1) is 10.2. The summed E-state index contributed by atoms with van der Waals surface area (Å²) in [5, 5.41) is 4.82. The lowest BCUT2D eigenvalue weighted by molar-refractivity contribution is 0.0967. The van der Waals surface area contributed by atoms with Gasteiger partial charge in [0.15, 0.2) is 11.5 Å². The molecule has 0 saturated carbocycles. The molecule has 3 rings (SSSR count). The Hall–Kier alpha value is -3.02. The molecule has 0 aromatic heterocycles. The Morgan fingerprint density at radius 1 is 0.952 bits per heavy atom. The van der Waals surface area contributed by atoms with Crippen LogP contribution in [0.1, 0.15) is 10.4 Å². The van der Waals surface area contributed by atoms with E-state index in [0.717, 1.165) is 0 Å². The van der Waals surface area contributed by atoms with Gasteiger partial charge in [0.1, 0.15) is 0 Å². The van der Waals surface area contributed by atoms with Gasteiger partial charge in [0.2, 0.25) is 6.79 Å². The molecule has 0 saturated heterocycles. The highest BCUT2D eigenvalue weighted by molar-refractivity contribution is 6.07. The molecule has 0 spiro atoms. The molecular weight excluding hydrogens is 272 g/mol. The number of anilines is 1. The molecule has 0 aliphatic carbocycles. The maximum atomic E-state index is 11.8. The number of urea groups is 1. The number of hydrogen-bond donors (Lipinski definition) is 2. The molecule has 2 aromatic carbocycles. The Morgan fingerprint density at radius 3 is 2.52 bits per heavy atom. The summed E-state index contributed by atoms with van der Waals surface area (Å²) < 4.78 is 10.4. The zero-order chi connectivity index (χ0) is 14.7. The summed E-state index contributed by atoms with van der Waals surface area (Å²) in [6.45, 7) is 0.164. The highest BCUT2D eigenvalue weighted by Gasteiger charge is 2.15. The highest BCUT2D eigenvalue weighted by Crippen LogP contribution is 2.34. The molecular formula is C15H12N2O4. The van der Waals surface area contributed by atoms with E-state index in [2.05, 4.69) is 10.6 Å². The van der Waals surface area contributed by atoms with Crippen molar-refractivity contribution in [2.75, 3.05) is 12.1 Å². The van der Waals surface area contributed by atoms with Crippen LogP contribution in [-0.4, -0.2) is 18.7 Å². The molecule has 6 heteroatoms. The fourth-order valence-electron chi connectivity index (χ4n) is 1.90. The van der Waals surface area contributed by atoms with Crippen LogP contribution in [-0.2, 0) is 0 Å². The number of rotatable bonds is 2. The van der Waals surface area contributed by atoms with Gasteiger partial charge in [-0.25, -0.2) is 4.79 Å². The minimum atomic E-state index is -0.609. The van der Waals surface area contributed by atoms with Crippen LogP contribution < -0.4 is 20.1 Å². The monoisotopic (exact) mass is 284 g/mol. The predicted octanol–water partition coefficient (Wildman–Crippen LogP) is 2.38. The molecule has 3 amide bonds. The zero-order valence-electron chi connectivity index (χ0n) is 11.0. The quantitative estimate of drug-likeness (QED) is 0.887. The topological polar surface area (TPSA) is 76.7 Å². The molecule has 2 N–H and O–H groups in total.